The van der Waals surface area contributed by atoms with Gasteiger partial charge in [0.2, 0.25) is 0 Å². The van der Waals surface area contributed by atoms with Gasteiger partial charge in [0.25, 0.3) is 5.91 Å². The molecular weight excluding hydrogens is 280 g/mol. The molecule has 0 saturated carbocycles. The van der Waals surface area contributed by atoms with Crippen LogP contribution in [0.1, 0.15) is 22.5 Å². The van der Waals surface area contributed by atoms with Crippen LogP contribution in [0.15, 0.2) is 12.3 Å². The topological polar surface area (TPSA) is 80.9 Å². The minimum Gasteiger partial charge on any atom is -0.397 e. The molecule has 1 aliphatic rings. The molecule has 7 heteroatoms. The molecule has 2 aromatic heterocycles. The zero-order valence-corrected chi connectivity index (χ0v) is 11.9. The average molecular weight is 294 g/mol. The van der Waals surface area contributed by atoms with Crippen molar-refractivity contribution in [3.63, 3.8) is 0 Å². The highest BCUT2D eigenvalue weighted by Gasteiger charge is 2.21. The van der Waals surface area contributed by atoms with Gasteiger partial charge in [0.1, 0.15) is 9.71 Å². The van der Waals surface area contributed by atoms with Crippen molar-refractivity contribution in [1.29, 1.82) is 0 Å². The first-order chi connectivity index (χ1) is 9.25. The Morgan fingerprint density at radius 3 is 3.16 bits per heavy atom. The minimum atomic E-state index is -0.0898. The Morgan fingerprint density at radius 1 is 1.53 bits per heavy atom. The summed E-state index contributed by atoms with van der Waals surface area (Å²) in [5, 5.41) is 11.7. The Kier molecular flexibility index (Phi) is 3.56. The van der Waals surface area contributed by atoms with Crippen molar-refractivity contribution >= 4 is 44.9 Å². The van der Waals surface area contributed by atoms with Crippen LogP contribution in [0.3, 0.4) is 0 Å². The molecule has 1 saturated heterocycles. The smallest absolute Gasteiger partial charge is 0.263 e. The predicted molar refractivity (Wildman–Crippen MR) is 79.6 cm³/mol. The number of fused-ring (bicyclic) bond motifs is 1. The summed E-state index contributed by atoms with van der Waals surface area (Å²) >= 11 is 3.19. The lowest BCUT2D eigenvalue weighted by Crippen LogP contribution is -2.38. The van der Waals surface area contributed by atoms with Gasteiger partial charge in [-0.25, -0.2) is 0 Å². The van der Waals surface area contributed by atoms with Gasteiger partial charge in [-0.05, 0) is 24.7 Å². The minimum absolute atomic E-state index is 0.0898. The van der Waals surface area contributed by atoms with Crippen LogP contribution in [0.25, 0.3) is 10.2 Å². The van der Waals surface area contributed by atoms with Crippen molar-refractivity contribution < 1.29 is 4.79 Å². The van der Waals surface area contributed by atoms with E-state index in [0.29, 0.717) is 15.4 Å². The van der Waals surface area contributed by atoms with Crippen molar-refractivity contribution in [3.8, 4) is 0 Å². The highest BCUT2D eigenvalue weighted by molar-refractivity contribution is 7.99. The van der Waals surface area contributed by atoms with Crippen LogP contribution in [0.4, 0.5) is 5.69 Å². The number of rotatable bonds is 2. The van der Waals surface area contributed by atoms with Gasteiger partial charge in [0, 0.05) is 17.2 Å². The van der Waals surface area contributed by atoms with Gasteiger partial charge in [-0.3, -0.25) is 4.79 Å². The Bertz CT molecular complexity index is 607. The van der Waals surface area contributed by atoms with Crippen LogP contribution >= 0.6 is 23.1 Å². The molecule has 3 rings (SSSR count). The lowest BCUT2D eigenvalue weighted by molar-refractivity contribution is 0.0943. The normalized spacial score (nSPS) is 19.5. The molecule has 1 unspecified atom stereocenters. The molecule has 19 heavy (non-hydrogen) atoms. The molecule has 1 aliphatic heterocycles. The highest BCUT2D eigenvalue weighted by Crippen LogP contribution is 2.31. The van der Waals surface area contributed by atoms with Gasteiger partial charge >= 0.3 is 0 Å². The van der Waals surface area contributed by atoms with Crippen molar-refractivity contribution in [3.05, 3.63) is 17.1 Å². The number of hydrogen-bond acceptors (Lipinski definition) is 6. The van der Waals surface area contributed by atoms with Gasteiger partial charge in [-0.1, -0.05) is 0 Å². The number of thioether (sulfide) groups is 1. The lowest BCUT2D eigenvalue weighted by atomic mass is 10.2. The van der Waals surface area contributed by atoms with Crippen LogP contribution in [-0.4, -0.2) is 33.7 Å². The van der Waals surface area contributed by atoms with Gasteiger partial charge in [0.15, 0.2) is 0 Å². The second kappa shape index (κ2) is 5.34. The summed E-state index contributed by atoms with van der Waals surface area (Å²) < 4.78 is 0. The summed E-state index contributed by atoms with van der Waals surface area (Å²) in [6.45, 7) is 0. The molecule has 0 bridgehead atoms. The Labute approximate surface area is 119 Å². The summed E-state index contributed by atoms with van der Waals surface area (Å²) in [6, 6.07) is 2.04. The van der Waals surface area contributed by atoms with E-state index in [1.807, 2.05) is 11.8 Å². The van der Waals surface area contributed by atoms with E-state index in [9.17, 15) is 4.79 Å². The third kappa shape index (κ3) is 2.52. The van der Waals surface area contributed by atoms with E-state index in [1.165, 1.54) is 17.1 Å². The number of aromatic nitrogens is 2. The van der Waals surface area contributed by atoms with E-state index >= 15 is 0 Å². The number of nitrogens with zero attached hydrogens (tertiary/aromatic N) is 2. The molecule has 100 valence electrons. The van der Waals surface area contributed by atoms with E-state index in [4.69, 9.17) is 5.73 Å². The average Bonchev–Trinajstić information content (AvgIpc) is 2.78. The summed E-state index contributed by atoms with van der Waals surface area (Å²) in [5.41, 5.74) is 6.53. The number of nitrogen functional groups attached to an aromatic ring is 1. The standard InChI is InChI=1S/C12H14N4OS2/c13-9-8-3-4-14-16-12(8)19-10(9)11(17)15-7-2-1-5-18-6-7/h3-4,7H,1-2,5-6,13H2,(H,15,17). The number of carbonyl (C=O) groups is 1. The van der Waals surface area contributed by atoms with Crippen LogP contribution in [0.2, 0.25) is 0 Å². The summed E-state index contributed by atoms with van der Waals surface area (Å²) in [7, 11) is 0. The van der Waals surface area contributed by atoms with E-state index in [1.54, 1.807) is 12.3 Å². The zero-order chi connectivity index (χ0) is 13.2. The molecule has 5 nitrogen and oxygen atoms in total. The van der Waals surface area contributed by atoms with Crippen molar-refractivity contribution in [2.45, 2.75) is 18.9 Å². The molecular formula is C12H14N4OS2. The number of hydrogen-bond donors (Lipinski definition) is 2. The first-order valence-corrected chi connectivity index (χ1v) is 8.11. The Balaban J connectivity index is 1.83. The highest BCUT2D eigenvalue weighted by atomic mass is 32.2. The molecule has 3 heterocycles. The number of nitrogens with two attached hydrogens (primary N) is 1. The maximum Gasteiger partial charge on any atom is 0.263 e. The molecule has 1 fully saturated rings. The first-order valence-electron chi connectivity index (χ1n) is 6.14. The zero-order valence-electron chi connectivity index (χ0n) is 10.3. The van der Waals surface area contributed by atoms with Gasteiger partial charge in [0.05, 0.1) is 11.9 Å². The van der Waals surface area contributed by atoms with Crippen LogP contribution in [-0.2, 0) is 0 Å². The van der Waals surface area contributed by atoms with Crippen molar-refractivity contribution in [2.24, 2.45) is 0 Å². The SMILES string of the molecule is Nc1c(C(=O)NC2CCCSC2)sc2nnccc12. The Morgan fingerprint density at radius 2 is 2.42 bits per heavy atom. The summed E-state index contributed by atoms with van der Waals surface area (Å²) in [6.07, 6.45) is 3.79. The molecule has 0 radical (unpaired) electrons. The molecule has 0 spiro atoms. The molecule has 2 aromatic rings. The Hall–Kier alpha value is -1.34. The van der Waals surface area contributed by atoms with E-state index in [2.05, 4.69) is 15.5 Å². The summed E-state index contributed by atoms with van der Waals surface area (Å²) in [4.78, 5) is 13.5. The maximum atomic E-state index is 12.3. The number of anilines is 1. The van der Waals surface area contributed by atoms with E-state index in [0.717, 1.165) is 24.0 Å². The number of amides is 1. The maximum absolute atomic E-state index is 12.3. The largest absolute Gasteiger partial charge is 0.397 e. The van der Waals surface area contributed by atoms with Crippen LogP contribution < -0.4 is 11.1 Å². The molecule has 1 amide bonds. The van der Waals surface area contributed by atoms with Gasteiger partial charge in [-0.15, -0.1) is 16.4 Å². The fraction of sp³-hybridized carbons (Fsp3) is 0.417. The van der Waals surface area contributed by atoms with E-state index in [-0.39, 0.29) is 11.9 Å². The number of thiophene rings is 1. The predicted octanol–water partition coefficient (Wildman–Crippen LogP) is 1.90. The van der Waals surface area contributed by atoms with E-state index < -0.39 is 0 Å². The number of carbonyl (C=O) groups excluding carboxylic acids is 1. The fourth-order valence-electron chi connectivity index (χ4n) is 2.15. The monoisotopic (exact) mass is 294 g/mol. The van der Waals surface area contributed by atoms with Crippen LogP contribution in [0.5, 0.6) is 0 Å². The first kappa shape index (κ1) is 12.7. The van der Waals surface area contributed by atoms with Crippen LogP contribution in [0, 0.1) is 0 Å². The van der Waals surface area contributed by atoms with Gasteiger partial charge in [-0.2, -0.15) is 16.9 Å². The molecule has 0 aliphatic carbocycles. The third-order valence-electron chi connectivity index (χ3n) is 3.12. The van der Waals surface area contributed by atoms with Gasteiger partial charge < -0.3 is 11.1 Å². The fourth-order valence-corrected chi connectivity index (χ4v) is 4.16. The number of nitrogens with one attached hydrogen (secondary N) is 1. The quantitative estimate of drug-likeness (QED) is 0.884. The molecule has 3 N–H and O–H groups in total. The molecule has 1 atom stereocenters. The lowest BCUT2D eigenvalue weighted by Gasteiger charge is -2.22. The molecule has 0 aromatic carbocycles. The third-order valence-corrected chi connectivity index (χ3v) is 5.44. The summed E-state index contributed by atoms with van der Waals surface area (Å²) in [5.74, 6) is 2.08. The van der Waals surface area contributed by atoms with Crippen molar-refractivity contribution in [1.82, 2.24) is 15.5 Å². The second-order valence-corrected chi connectivity index (χ2v) is 6.63. The second-order valence-electron chi connectivity index (χ2n) is 4.48. The van der Waals surface area contributed by atoms with Crippen molar-refractivity contribution in [2.75, 3.05) is 17.2 Å².